The zero-order chi connectivity index (χ0) is 13.2. The van der Waals surface area contributed by atoms with Gasteiger partial charge in [0.05, 0.1) is 6.10 Å². The molecule has 1 aromatic rings. The summed E-state index contributed by atoms with van der Waals surface area (Å²) in [6.45, 7) is 0. The SMILES string of the molecule is OC(CSc1ccc(Cl)cc1)CC1CC2CCC1C2. The number of rotatable bonds is 5. The van der Waals surface area contributed by atoms with Crippen LogP contribution in [0.1, 0.15) is 32.1 Å². The van der Waals surface area contributed by atoms with E-state index >= 15 is 0 Å². The van der Waals surface area contributed by atoms with Crippen molar-refractivity contribution in [3.05, 3.63) is 29.3 Å². The highest BCUT2D eigenvalue weighted by atomic mass is 35.5. The van der Waals surface area contributed by atoms with E-state index in [1.165, 1.54) is 30.6 Å². The fourth-order valence-electron chi connectivity index (χ4n) is 3.81. The summed E-state index contributed by atoms with van der Waals surface area (Å²) in [5.74, 6) is 3.49. The van der Waals surface area contributed by atoms with E-state index < -0.39 is 0 Å². The summed E-state index contributed by atoms with van der Waals surface area (Å²) in [6.07, 6.45) is 6.49. The van der Waals surface area contributed by atoms with Crippen LogP contribution in [0.3, 0.4) is 0 Å². The second kappa shape index (κ2) is 6.07. The molecule has 0 spiro atoms. The Morgan fingerprint density at radius 2 is 2.00 bits per heavy atom. The van der Waals surface area contributed by atoms with Crippen LogP contribution >= 0.6 is 23.4 Å². The largest absolute Gasteiger partial charge is 0.392 e. The average molecular weight is 297 g/mol. The quantitative estimate of drug-likeness (QED) is 0.800. The zero-order valence-corrected chi connectivity index (χ0v) is 12.7. The molecule has 2 saturated carbocycles. The monoisotopic (exact) mass is 296 g/mol. The minimum absolute atomic E-state index is 0.162. The number of aliphatic hydroxyl groups excluding tert-OH is 1. The van der Waals surface area contributed by atoms with E-state index in [4.69, 9.17) is 11.6 Å². The normalized spacial score (nSPS) is 30.7. The Hall–Kier alpha value is -0.180. The third kappa shape index (κ3) is 3.48. The van der Waals surface area contributed by atoms with Gasteiger partial charge in [-0.3, -0.25) is 0 Å². The highest BCUT2D eigenvalue weighted by molar-refractivity contribution is 7.99. The highest BCUT2D eigenvalue weighted by Crippen LogP contribution is 2.50. The molecule has 19 heavy (non-hydrogen) atoms. The van der Waals surface area contributed by atoms with Crippen LogP contribution in [0.15, 0.2) is 29.2 Å². The molecule has 104 valence electrons. The second-order valence-corrected chi connectivity index (χ2v) is 7.62. The van der Waals surface area contributed by atoms with Gasteiger partial charge in [0.15, 0.2) is 0 Å². The summed E-state index contributed by atoms with van der Waals surface area (Å²) >= 11 is 7.60. The lowest BCUT2D eigenvalue weighted by Crippen LogP contribution is -2.20. The fourth-order valence-corrected chi connectivity index (χ4v) is 4.78. The van der Waals surface area contributed by atoms with Crippen molar-refractivity contribution in [1.29, 1.82) is 0 Å². The molecule has 2 aliphatic rings. The molecule has 4 atom stereocenters. The van der Waals surface area contributed by atoms with E-state index in [1.807, 2.05) is 24.3 Å². The van der Waals surface area contributed by atoms with Crippen LogP contribution in [0.4, 0.5) is 0 Å². The van der Waals surface area contributed by atoms with E-state index in [0.717, 1.165) is 35.0 Å². The number of hydrogen-bond donors (Lipinski definition) is 1. The lowest BCUT2D eigenvalue weighted by atomic mass is 9.85. The number of benzene rings is 1. The first-order chi connectivity index (χ1) is 9.20. The van der Waals surface area contributed by atoms with Crippen molar-refractivity contribution in [2.45, 2.75) is 43.1 Å². The third-order valence-corrected chi connectivity index (χ3v) is 6.12. The van der Waals surface area contributed by atoms with Gasteiger partial charge in [-0.05, 0) is 67.7 Å². The molecule has 1 nitrogen and oxygen atoms in total. The first-order valence-electron chi connectivity index (χ1n) is 7.27. The Labute approximate surface area is 124 Å². The van der Waals surface area contributed by atoms with Crippen LogP contribution in [0.5, 0.6) is 0 Å². The van der Waals surface area contributed by atoms with E-state index in [1.54, 1.807) is 11.8 Å². The van der Waals surface area contributed by atoms with Crippen LogP contribution in [0.25, 0.3) is 0 Å². The molecule has 1 aromatic carbocycles. The lowest BCUT2D eigenvalue weighted by molar-refractivity contribution is 0.144. The van der Waals surface area contributed by atoms with Crippen LogP contribution < -0.4 is 0 Å². The maximum Gasteiger partial charge on any atom is 0.0636 e. The molecule has 0 saturated heterocycles. The van der Waals surface area contributed by atoms with Gasteiger partial charge < -0.3 is 5.11 Å². The van der Waals surface area contributed by atoms with E-state index in [2.05, 4.69) is 0 Å². The van der Waals surface area contributed by atoms with Gasteiger partial charge in [-0.25, -0.2) is 0 Å². The van der Waals surface area contributed by atoms with Gasteiger partial charge in [0.2, 0.25) is 0 Å². The molecule has 0 amide bonds. The Balaban J connectivity index is 1.44. The highest BCUT2D eigenvalue weighted by Gasteiger charge is 2.39. The number of halogens is 1. The van der Waals surface area contributed by atoms with Crippen molar-refractivity contribution in [3.63, 3.8) is 0 Å². The van der Waals surface area contributed by atoms with Gasteiger partial charge >= 0.3 is 0 Å². The summed E-state index contributed by atoms with van der Waals surface area (Å²) < 4.78 is 0. The van der Waals surface area contributed by atoms with Crippen LogP contribution in [-0.4, -0.2) is 17.0 Å². The molecule has 0 aromatic heterocycles. The molecule has 1 N–H and O–H groups in total. The van der Waals surface area contributed by atoms with Crippen molar-refractivity contribution in [2.75, 3.05) is 5.75 Å². The van der Waals surface area contributed by atoms with Crippen LogP contribution in [0, 0.1) is 17.8 Å². The average Bonchev–Trinajstić information content (AvgIpc) is 3.00. The number of hydrogen-bond acceptors (Lipinski definition) is 2. The van der Waals surface area contributed by atoms with Crippen molar-refractivity contribution in [3.8, 4) is 0 Å². The molecule has 4 unspecified atom stereocenters. The summed E-state index contributed by atoms with van der Waals surface area (Å²) in [4.78, 5) is 1.19. The second-order valence-electron chi connectivity index (χ2n) is 6.09. The fraction of sp³-hybridized carbons (Fsp3) is 0.625. The molecular weight excluding hydrogens is 276 g/mol. The van der Waals surface area contributed by atoms with Crippen molar-refractivity contribution in [1.82, 2.24) is 0 Å². The minimum atomic E-state index is -0.162. The van der Waals surface area contributed by atoms with E-state index in [0.29, 0.717) is 0 Å². The molecule has 0 heterocycles. The van der Waals surface area contributed by atoms with Crippen molar-refractivity contribution >= 4 is 23.4 Å². The summed E-state index contributed by atoms with van der Waals surface area (Å²) in [5.41, 5.74) is 0. The number of thioether (sulfide) groups is 1. The van der Waals surface area contributed by atoms with Gasteiger partial charge in [0.1, 0.15) is 0 Å². The van der Waals surface area contributed by atoms with Crippen LogP contribution in [-0.2, 0) is 0 Å². The zero-order valence-electron chi connectivity index (χ0n) is 11.1. The molecule has 3 heteroatoms. The van der Waals surface area contributed by atoms with E-state index in [-0.39, 0.29) is 6.10 Å². The Bertz CT molecular complexity index is 419. The molecule has 2 fully saturated rings. The summed E-state index contributed by atoms with van der Waals surface area (Å²) in [5, 5.41) is 11.0. The Kier molecular flexibility index (Phi) is 4.40. The number of fused-ring (bicyclic) bond motifs is 2. The number of aliphatic hydroxyl groups is 1. The predicted molar refractivity (Wildman–Crippen MR) is 81.7 cm³/mol. The molecular formula is C16H21ClOS. The maximum absolute atomic E-state index is 10.2. The summed E-state index contributed by atoms with van der Waals surface area (Å²) in [7, 11) is 0. The summed E-state index contributed by atoms with van der Waals surface area (Å²) in [6, 6.07) is 7.87. The van der Waals surface area contributed by atoms with Gasteiger partial charge in [-0.1, -0.05) is 18.0 Å². The first kappa shape index (κ1) is 13.8. The maximum atomic E-state index is 10.2. The molecule has 2 bridgehead atoms. The van der Waals surface area contributed by atoms with Crippen molar-refractivity contribution in [2.24, 2.45) is 17.8 Å². The standard InChI is InChI=1S/C16H21ClOS/c17-14-3-5-16(6-4-14)19-10-15(18)9-13-8-11-1-2-12(13)7-11/h3-6,11-13,15,18H,1-2,7-10H2. The van der Waals surface area contributed by atoms with Crippen LogP contribution in [0.2, 0.25) is 5.02 Å². The van der Waals surface area contributed by atoms with E-state index in [9.17, 15) is 5.11 Å². The van der Waals surface area contributed by atoms with Gasteiger partial charge in [0, 0.05) is 15.7 Å². The lowest BCUT2D eigenvalue weighted by Gasteiger charge is -2.24. The minimum Gasteiger partial charge on any atom is -0.392 e. The third-order valence-electron chi connectivity index (χ3n) is 4.72. The molecule has 3 rings (SSSR count). The topological polar surface area (TPSA) is 20.2 Å². The first-order valence-corrected chi connectivity index (χ1v) is 8.63. The smallest absolute Gasteiger partial charge is 0.0636 e. The van der Waals surface area contributed by atoms with Gasteiger partial charge in [-0.2, -0.15) is 0 Å². The molecule has 0 radical (unpaired) electrons. The van der Waals surface area contributed by atoms with Crippen molar-refractivity contribution < 1.29 is 5.11 Å². The predicted octanol–water partition coefficient (Wildman–Crippen LogP) is 4.62. The van der Waals surface area contributed by atoms with Gasteiger partial charge in [-0.15, -0.1) is 11.8 Å². The van der Waals surface area contributed by atoms with Gasteiger partial charge in [0.25, 0.3) is 0 Å². The Morgan fingerprint density at radius 1 is 1.21 bits per heavy atom. The molecule has 0 aliphatic heterocycles. The Morgan fingerprint density at radius 3 is 2.63 bits per heavy atom. The molecule has 2 aliphatic carbocycles.